The van der Waals surface area contributed by atoms with Crippen molar-refractivity contribution < 1.29 is 0 Å². The number of benzene rings is 1. The van der Waals surface area contributed by atoms with E-state index in [0.717, 1.165) is 47.1 Å². The van der Waals surface area contributed by atoms with Crippen LogP contribution in [-0.4, -0.2) is 25.9 Å². The summed E-state index contributed by atoms with van der Waals surface area (Å²) in [6.45, 7) is 9.23. The molecule has 0 amide bonds. The second-order valence-corrected chi connectivity index (χ2v) is 7.14. The average Bonchev–Trinajstić information content (AvgIpc) is 3.09. The fraction of sp³-hybridized carbons (Fsp3) is 0.450. The van der Waals surface area contributed by atoms with Crippen molar-refractivity contribution in [3.8, 4) is 0 Å². The van der Waals surface area contributed by atoms with Gasteiger partial charge in [0, 0.05) is 30.3 Å². The fourth-order valence-electron chi connectivity index (χ4n) is 2.99. The molecule has 2 heterocycles. The zero-order chi connectivity index (χ0) is 19.4. The molecule has 0 aliphatic heterocycles. The zero-order valence-corrected chi connectivity index (χ0v) is 16.5. The molecule has 0 unspecified atom stereocenters. The summed E-state index contributed by atoms with van der Waals surface area (Å²) in [5.41, 5.74) is 9.34. The number of anilines is 3. The lowest BCUT2D eigenvalue weighted by Crippen LogP contribution is -2.19. The van der Waals surface area contributed by atoms with Gasteiger partial charge in [0.05, 0.1) is 5.69 Å². The summed E-state index contributed by atoms with van der Waals surface area (Å²) in [5.74, 6) is 1.92. The molecule has 3 rings (SSSR count). The van der Waals surface area contributed by atoms with E-state index in [4.69, 9.17) is 10.8 Å². The van der Waals surface area contributed by atoms with Gasteiger partial charge in [0.15, 0.2) is 5.82 Å². The third-order valence-electron chi connectivity index (χ3n) is 4.71. The van der Waals surface area contributed by atoms with Crippen LogP contribution in [-0.2, 0) is 6.54 Å². The van der Waals surface area contributed by atoms with Crippen LogP contribution in [0.15, 0.2) is 30.3 Å². The maximum absolute atomic E-state index is 5.77. The van der Waals surface area contributed by atoms with Crippen LogP contribution in [0.25, 0.3) is 5.65 Å². The van der Waals surface area contributed by atoms with E-state index < -0.39 is 0 Å². The van der Waals surface area contributed by atoms with E-state index in [1.165, 1.54) is 0 Å². The average molecular weight is 368 g/mol. The minimum Gasteiger partial charge on any atom is -0.399 e. The molecule has 4 N–H and O–H groups in total. The van der Waals surface area contributed by atoms with Gasteiger partial charge in [-0.25, -0.2) is 0 Å². The summed E-state index contributed by atoms with van der Waals surface area (Å²) in [6, 6.07) is 10.3. The molecule has 7 heteroatoms. The lowest BCUT2D eigenvalue weighted by atomic mass is 10.2. The molecule has 0 radical (unpaired) electrons. The molecular formula is C20H29N7. The van der Waals surface area contributed by atoms with Gasteiger partial charge in [-0.15, -0.1) is 15.3 Å². The first kappa shape index (κ1) is 18.9. The Kier molecular flexibility index (Phi) is 5.78. The Labute approximate surface area is 160 Å². The standard InChI is InChI=1S/C20H29N7/c1-5-16(6-2)23-18-11-17(22-12-14-7-9-15(21)10-8-14)20-25-24-19(13(3)4)27(20)26-18/h7-11,13,16,22H,5-6,12,21H2,1-4H3,(H,23,26). The van der Waals surface area contributed by atoms with E-state index in [9.17, 15) is 0 Å². The van der Waals surface area contributed by atoms with E-state index >= 15 is 0 Å². The van der Waals surface area contributed by atoms with E-state index in [-0.39, 0.29) is 5.92 Å². The highest BCUT2D eigenvalue weighted by molar-refractivity contribution is 5.70. The predicted molar refractivity (Wildman–Crippen MR) is 111 cm³/mol. The largest absolute Gasteiger partial charge is 0.399 e. The van der Waals surface area contributed by atoms with Gasteiger partial charge in [-0.3, -0.25) is 0 Å². The van der Waals surface area contributed by atoms with Crippen LogP contribution in [0, 0.1) is 0 Å². The van der Waals surface area contributed by atoms with Gasteiger partial charge in [-0.05, 0) is 30.5 Å². The maximum atomic E-state index is 5.77. The Morgan fingerprint density at radius 1 is 1.07 bits per heavy atom. The summed E-state index contributed by atoms with van der Waals surface area (Å²) < 4.78 is 1.85. The molecule has 0 aliphatic rings. The summed E-state index contributed by atoms with van der Waals surface area (Å²) >= 11 is 0. The molecule has 0 aliphatic carbocycles. The number of nitrogen functional groups attached to an aromatic ring is 1. The number of nitrogens with one attached hydrogen (secondary N) is 2. The van der Waals surface area contributed by atoms with Crippen molar-refractivity contribution in [1.82, 2.24) is 19.8 Å². The number of aromatic nitrogens is 4. The summed E-state index contributed by atoms with van der Waals surface area (Å²) in [5, 5.41) is 20.5. The Morgan fingerprint density at radius 2 is 1.78 bits per heavy atom. The smallest absolute Gasteiger partial charge is 0.201 e. The molecule has 144 valence electrons. The van der Waals surface area contributed by atoms with E-state index in [1.54, 1.807) is 0 Å². The second-order valence-electron chi connectivity index (χ2n) is 7.14. The number of hydrogen-bond donors (Lipinski definition) is 3. The first-order valence-electron chi connectivity index (χ1n) is 9.63. The number of nitrogens with two attached hydrogens (primary N) is 1. The van der Waals surface area contributed by atoms with Crippen molar-refractivity contribution in [3.63, 3.8) is 0 Å². The third kappa shape index (κ3) is 4.30. The number of nitrogens with zero attached hydrogens (tertiary/aromatic N) is 4. The van der Waals surface area contributed by atoms with Gasteiger partial charge in [0.2, 0.25) is 5.65 Å². The molecule has 0 fully saturated rings. The molecule has 0 spiro atoms. The topological polar surface area (TPSA) is 93.2 Å². The van der Waals surface area contributed by atoms with Crippen molar-refractivity contribution in [2.24, 2.45) is 0 Å². The van der Waals surface area contributed by atoms with E-state index in [1.807, 2.05) is 34.8 Å². The minimum atomic E-state index is 0.237. The quantitative estimate of drug-likeness (QED) is 0.520. The first-order valence-corrected chi connectivity index (χ1v) is 9.63. The van der Waals surface area contributed by atoms with Gasteiger partial charge >= 0.3 is 0 Å². The lowest BCUT2D eigenvalue weighted by molar-refractivity contribution is 0.661. The van der Waals surface area contributed by atoms with E-state index in [2.05, 4.69) is 48.5 Å². The molecule has 2 aromatic heterocycles. The van der Waals surface area contributed by atoms with Crippen LogP contribution >= 0.6 is 0 Å². The zero-order valence-electron chi connectivity index (χ0n) is 16.5. The molecule has 27 heavy (non-hydrogen) atoms. The van der Waals surface area contributed by atoms with E-state index in [0.29, 0.717) is 12.6 Å². The highest BCUT2D eigenvalue weighted by atomic mass is 15.4. The first-order chi connectivity index (χ1) is 13.0. The van der Waals surface area contributed by atoms with Crippen LogP contribution in [0.4, 0.5) is 17.2 Å². The van der Waals surface area contributed by atoms with Crippen LogP contribution in [0.3, 0.4) is 0 Å². The molecule has 1 aromatic carbocycles. The number of hydrogen-bond acceptors (Lipinski definition) is 6. The summed E-state index contributed by atoms with van der Waals surface area (Å²) in [7, 11) is 0. The molecule has 0 saturated carbocycles. The normalized spacial score (nSPS) is 11.5. The molecule has 0 atom stereocenters. The molecular weight excluding hydrogens is 338 g/mol. The van der Waals surface area contributed by atoms with Gasteiger partial charge in [-0.2, -0.15) is 4.52 Å². The van der Waals surface area contributed by atoms with Crippen LogP contribution < -0.4 is 16.4 Å². The van der Waals surface area contributed by atoms with Gasteiger partial charge in [0.25, 0.3) is 0 Å². The SMILES string of the molecule is CCC(CC)Nc1cc(NCc2ccc(N)cc2)c2nnc(C(C)C)n2n1. The highest BCUT2D eigenvalue weighted by Gasteiger charge is 2.16. The van der Waals surface area contributed by atoms with Gasteiger partial charge < -0.3 is 16.4 Å². The van der Waals surface area contributed by atoms with Gasteiger partial charge in [0.1, 0.15) is 5.82 Å². The second kappa shape index (κ2) is 8.24. The Hall–Kier alpha value is -2.83. The van der Waals surface area contributed by atoms with Crippen molar-refractivity contribution >= 4 is 22.8 Å². The third-order valence-corrected chi connectivity index (χ3v) is 4.71. The number of fused-ring (bicyclic) bond motifs is 1. The van der Waals surface area contributed by atoms with Crippen LogP contribution in [0.2, 0.25) is 0 Å². The molecule has 0 bridgehead atoms. The Bertz CT molecular complexity index is 879. The van der Waals surface area contributed by atoms with Crippen LogP contribution in [0.5, 0.6) is 0 Å². The van der Waals surface area contributed by atoms with Gasteiger partial charge in [-0.1, -0.05) is 39.8 Å². The molecule has 3 aromatic rings. The van der Waals surface area contributed by atoms with Crippen molar-refractivity contribution in [3.05, 3.63) is 41.7 Å². The minimum absolute atomic E-state index is 0.237. The predicted octanol–water partition coefficient (Wildman–Crippen LogP) is 4.04. The van der Waals surface area contributed by atoms with Crippen molar-refractivity contribution in [2.75, 3.05) is 16.4 Å². The lowest BCUT2D eigenvalue weighted by Gasteiger charge is -2.17. The van der Waals surface area contributed by atoms with Crippen molar-refractivity contribution in [2.45, 2.75) is 59.0 Å². The Morgan fingerprint density at radius 3 is 2.41 bits per heavy atom. The highest BCUT2D eigenvalue weighted by Crippen LogP contribution is 2.23. The van der Waals surface area contributed by atoms with Crippen LogP contribution in [0.1, 0.15) is 57.8 Å². The summed E-state index contributed by atoms with van der Waals surface area (Å²) in [6.07, 6.45) is 2.09. The maximum Gasteiger partial charge on any atom is 0.201 e. The Balaban J connectivity index is 1.94. The molecule has 0 saturated heterocycles. The summed E-state index contributed by atoms with van der Waals surface area (Å²) in [4.78, 5) is 0. The fourth-order valence-corrected chi connectivity index (χ4v) is 2.99. The molecule has 7 nitrogen and oxygen atoms in total. The number of rotatable bonds is 8. The monoisotopic (exact) mass is 367 g/mol. The van der Waals surface area contributed by atoms with Crippen molar-refractivity contribution in [1.29, 1.82) is 0 Å².